The summed E-state index contributed by atoms with van der Waals surface area (Å²) in [6, 6.07) is 5.38. The molecule has 1 aromatic heterocycles. The molecular formula is C23H25F2N5O5. The van der Waals surface area contributed by atoms with E-state index in [1.54, 1.807) is 18.3 Å². The Morgan fingerprint density at radius 3 is 2.69 bits per heavy atom. The lowest BCUT2D eigenvalue weighted by molar-refractivity contribution is -0.117. The molecular weight excluding hydrogens is 464 g/mol. The van der Waals surface area contributed by atoms with Crippen LogP contribution >= 0.6 is 0 Å². The number of carbonyl (C=O) groups excluding carboxylic acids is 3. The van der Waals surface area contributed by atoms with E-state index in [1.807, 2.05) is 0 Å². The predicted molar refractivity (Wildman–Crippen MR) is 121 cm³/mol. The average Bonchev–Trinajstić information content (AvgIpc) is 3.02. The summed E-state index contributed by atoms with van der Waals surface area (Å²) in [6.07, 6.45) is 1.65. The number of ketones is 1. The van der Waals surface area contributed by atoms with E-state index < -0.39 is 29.9 Å². The number of ether oxygens (including phenoxy) is 2. The van der Waals surface area contributed by atoms with E-state index in [0.717, 1.165) is 17.0 Å². The highest BCUT2D eigenvalue weighted by molar-refractivity contribution is 5.90. The molecule has 186 valence electrons. The minimum absolute atomic E-state index is 0.0308. The summed E-state index contributed by atoms with van der Waals surface area (Å²) in [6.45, 7) is 2.25. The molecule has 0 unspecified atom stereocenters. The Hall–Kier alpha value is -3.80. The standard InChI is InChI=1S/C23H25F2N5O5/c1-15(31)4-5-18-14-29(22(32)35-18)16-11-19(24)21(20(25)12-16)28-8-7-27-30(10-9-28)23(33)34-17-3-2-6-26-13-17/h2-3,6,11-13,18,27H,4-5,7-10,14H2,1H3/t18-/m0/s1. The number of Topliss-reactive ketones (excluding diaryl/α,β-unsaturated/α-hetero) is 1. The molecule has 0 bridgehead atoms. The summed E-state index contributed by atoms with van der Waals surface area (Å²) in [5.74, 6) is -1.44. The number of pyridine rings is 1. The van der Waals surface area contributed by atoms with Crippen LogP contribution in [0.1, 0.15) is 19.8 Å². The summed E-state index contributed by atoms with van der Waals surface area (Å²) < 4.78 is 40.6. The van der Waals surface area contributed by atoms with Gasteiger partial charge < -0.3 is 19.2 Å². The van der Waals surface area contributed by atoms with Gasteiger partial charge in [0.05, 0.1) is 25.0 Å². The van der Waals surface area contributed by atoms with Gasteiger partial charge in [-0.2, -0.15) is 0 Å². The number of hydrogen-bond donors (Lipinski definition) is 1. The van der Waals surface area contributed by atoms with Crippen LogP contribution < -0.4 is 20.0 Å². The van der Waals surface area contributed by atoms with Crippen LogP contribution in [0, 0.1) is 11.6 Å². The van der Waals surface area contributed by atoms with Crippen molar-refractivity contribution < 1.29 is 32.6 Å². The van der Waals surface area contributed by atoms with E-state index in [4.69, 9.17) is 9.47 Å². The van der Waals surface area contributed by atoms with Gasteiger partial charge in [-0.1, -0.05) is 0 Å². The first kappa shape index (κ1) is 24.3. The van der Waals surface area contributed by atoms with Gasteiger partial charge >= 0.3 is 12.2 Å². The zero-order valence-electron chi connectivity index (χ0n) is 19.1. The number of benzene rings is 1. The van der Waals surface area contributed by atoms with Gasteiger partial charge in [-0.3, -0.25) is 9.88 Å². The van der Waals surface area contributed by atoms with Crippen molar-refractivity contribution in [2.75, 3.05) is 42.5 Å². The summed E-state index contributed by atoms with van der Waals surface area (Å²) in [5.41, 5.74) is 2.67. The van der Waals surface area contributed by atoms with Gasteiger partial charge in [0.15, 0.2) is 17.4 Å². The average molecular weight is 489 g/mol. The van der Waals surface area contributed by atoms with E-state index in [9.17, 15) is 14.4 Å². The van der Waals surface area contributed by atoms with Crippen LogP contribution in [0.5, 0.6) is 5.75 Å². The van der Waals surface area contributed by atoms with E-state index in [1.165, 1.54) is 23.0 Å². The number of halogens is 2. The number of anilines is 2. The highest BCUT2D eigenvalue weighted by Crippen LogP contribution is 2.31. The molecule has 2 aliphatic heterocycles. The molecule has 2 aliphatic rings. The number of nitrogens with zero attached hydrogens (tertiary/aromatic N) is 4. The fourth-order valence-corrected chi connectivity index (χ4v) is 3.93. The first-order valence-corrected chi connectivity index (χ1v) is 11.2. The van der Waals surface area contributed by atoms with Crippen LogP contribution in [0.15, 0.2) is 36.7 Å². The van der Waals surface area contributed by atoms with Gasteiger partial charge in [0.25, 0.3) is 0 Å². The molecule has 2 fully saturated rings. The lowest BCUT2D eigenvalue weighted by Gasteiger charge is -2.25. The molecule has 1 aromatic carbocycles. The summed E-state index contributed by atoms with van der Waals surface area (Å²) in [7, 11) is 0. The predicted octanol–water partition coefficient (Wildman–Crippen LogP) is 2.88. The van der Waals surface area contributed by atoms with E-state index in [2.05, 4.69) is 10.4 Å². The third-order valence-corrected chi connectivity index (χ3v) is 5.66. The topological polar surface area (TPSA) is 104 Å². The molecule has 1 atom stereocenters. The van der Waals surface area contributed by atoms with Crippen LogP contribution in [0.2, 0.25) is 0 Å². The zero-order chi connectivity index (χ0) is 24.9. The SMILES string of the molecule is CC(=O)CC[C@H]1CN(c2cc(F)c(N3CCNN(C(=O)Oc4cccnc4)CC3)c(F)c2)C(=O)O1. The maximum atomic E-state index is 15.1. The summed E-state index contributed by atoms with van der Waals surface area (Å²) in [5, 5.41) is 1.23. The van der Waals surface area contributed by atoms with E-state index in [0.29, 0.717) is 6.42 Å². The zero-order valence-corrected chi connectivity index (χ0v) is 19.1. The number of rotatable bonds is 6. The number of nitrogens with one attached hydrogen (secondary N) is 1. The minimum Gasteiger partial charge on any atom is -0.444 e. The number of hydrogen-bond acceptors (Lipinski definition) is 8. The first-order valence-electron chi connectivity index (χ1n) is 11.2. The molecule has 1 N–H and O–H groups in total. The Morgan fingerprint density at radius 2 is 2.00 bits per heavy atom. The van der Waals surface area contributed by atoms with Crippen molar-refractivity contribution in [1.29, 1.82) is 0 Å². The number of cyclic esters (lactones) is 1. The first-order chi connectivity index (χ1) is 16.8. The maximum Gasteiger partial charge on any atom is 0.429 e. The number of amides is 2. The second kappa shape index (κ2) is 10.6. The van der Waals surface area contributed by atoms with Crippen molar-refractivity contribution >= 4 is 29.3 Å². The number of carbonyl (C=O) groups is 3. The largest absolute Gasteiger partial charge is 0.444 e. The van der Waals surface area contributed by atoms with Crippen LogP contribution in [0.3, 0.4) is 0 Å². The van der Waals surface area contributed by atoms with Gasteiger partial charge in [0.2, 0.25) is 0 Å². The third-order valence-electron chi connectivity index (χ3n) is 5.66. The van der Waals surface area contributed by atoms with Gasteiger partial charge in [-0.25, -0.2) is 28.8 Å². The summed E-state index contributed by atoms with van der Waals surface area (Å²) in [4.78, 5) is 42.3. The third kappa shape index (κ3) is 5.83. The highest BCUT2D eigenvalue weighted by Gasteiger charge is 2.34. The van der Waals surface area contributed by atoms with Gasteiger partial charge in [0, 0.05) is 44.4 Å². The fourth-order valence-electron chi connectivity index (χ4n) is 3.93. The van der Waals surface area contributed by atoms with Crippen molar-refractivity contribution in [2.45, 2.75) is 25.9 Å². The fraction of sp³-hybridized carbons (Fsp3) is 0.391. The lowest BCUT2D eigenvalue weighted by Crippen LogP contribution is -2.45. The molecule has 2 saturated heterocycles. The molecule has 2 amide bonds. The summed E-state index contributed by atoms with van der Waals surface area (Å²) >= 11 is 0. The van der Waals surface area contributed by atoms with Gasteiger partial charge in [-0.05, 0) is 25.5 Å². The lowest BCUT2D eigenvalue weighted by atomic mass is 10.1. The number of hydrazine groups is 1. The van der Waals surface area contributed by atoms with Crippen molar-refractivity contribution in [3.63, 3.8) is 0 Å². The molecule has 3 heterocycles. The van der Waals surface area contributed by atoms with E-state index in [-0.39, 0.29) is 62.1 Å². The Labute approximate surface area is 200 Å². The molecule has 0 saturated carbocycles. The van der Waals surface area contributed by atoms with Crippen LogP contribution in [-0.4, -0.2) is 66.8 Å². The van der Waals surface area contributed by atoms with Crippen LogP contribution in [-0.2, 0) is 9.53 Å². The smallest absolute Gasteiger partial charge is 0.429 e. The Bertz CT molecular complexity index is 1080. The van der Waals surface area contributed by atoms with Crippen molar-refractivity contribution in [1.82, 2.24) is 15.4 Å². The molecule has 4 rings (SSSR count). The number of aromatic nitrogens is 1. The maximum absolute atomic E-state index is 15.1. The van der Waals surface area contributed by atoms with Gasteiger partial charge in [0.1, 0.15) is 17.6 Å². The molecule has 10 nitrogen and oxygen atoms in total. The molecule has 12 heteroatoms. The minimum atomic E-state index is -0.841. The van der Waals surface area contributed by atoms with Crippen molar-refractivity contribution in [3.8, 4) is 5.75 Å². The normalized spacial score (nSPS) is 18.3. The Kier molecular flexibility index (Phi) is 7.39. The Morgan fingerprint density at radius 1 is 1.23 bits per heavy atom. The molecule has 0 radical (unpaired) electrons. The van der Waals surface area contributed by atoms with E-state index >= 15 is 8.78 Å². The van der Waals surface area contributed by atoms with Crippen molar-refractivity contribution in [3.05, 3.63) is 48.3 Å². The second-order valence-electron chi connectivity index (χ2n) is 8.22. The molecule has 0 aliphatic carbocycles. The monoisotopic (exact) mass is 489 g/mol. The second-order valence-corrected chi connectivity index (χ2v) is 8.22. The van der Waals surface area contributed by atoms with Gasteiger partial charge in [-0.15, -0.1) is 0 Å². The quantitative estimate of drug-likeness (QED) is 0.661. The molecule has 2 aromatic rings. The highest BCUT2D eigenvalue weighted by atomic mass is 19.1. The Balaban J connectivity index is 1.42. The van der Waals surface area contributed by atoms with Crippen LogP contribution in [0.25, 0.3) is 0 Å². The molecule has 0 spiro atoms. The molecule has 35 heavy (non-hydrogen) atoms. The van der Waals surface area contributed by atoms with Crippen molar-refractivity contribution in [2.24, 2.45) is 0 Å². The van der Waals surface area contributed by atoms with Crippen LogP contribution in [0.4, 0.5) is 29.7 Å².